The molecule has 0 unspecified atom stereocenters. The number of hydrogen-bond donors (Lipinski definition) is 2. The molecule has 4 nitrogen and oxygen atoms in total. The minimum atomic E-state index is -0.0941. The molecule has 0 heterocycles. The number of phenolic OH excluding ortho intramolecular Hbond substituents is 1. The zero-order valence-corrected chi connectivity index (χ0v) is 13.7. The quantitative estimate of drug-likeness (QED) is 0.710. The van der Waals surface area contributed by atoms with Crippen molar-refractivity contribution in [2.75, 3.05) is 23.3 Å². The molecule has 1 aromatic rings. The Hall–Kier alpha value is -1.71. The SMILES string of the molecule is CCCCN(CCCC)c1c(O)ccc(NC(C)=O)c1C. The maximum atomic E-state index is 11.3. The van der Waals surface area contributed by atoms with Crippen molar-refractivity contribution in [3.05, 3.63) is 17.7 Å². The zero-order valence-electron chi connectivity index (χ0n) is 13.7. The van der Waals surface area contributed by atoms with Crippen molar-refractivity contribution >= 4 is 17.3 Å². The Labute approximate surface area is 128 Å². The van der Waals surface area contributed by atoms with Crippen LogP contribution in [0.2, 0.25) is 0 Å². The first kappa shape index (κ1) is 17.3. The Morgan fingerprint density at radius 1 is 1.19 bits per heavy atom. The van der Waals surface area contributed by atoms with Gasteiger partial charge in [0.1, 0.15) is 5.75 Å². The second-order valence-electron chi connectivity index (χ2n) is 5.48. The van der Waals surface area contributed by atoms with Crippen LogP contribution < -0.4 is 10.2 Å². The van der Waals surface area contributed by atoms with E-state index in [0.717, 1.165) is 55.7 Å². The molecule has 21 heavy (non-hydrogen) atoms. The Morgan fingerprint density at radius 2 is 1.76 bits per heavy atom. The van der Waals surface area contributed by atoms with Gasteiger partial charge in [-0.15, -0.1) is 0 Å². The lowest BCUT2D eigenvalue weighted by Gasteiger charge is -2.28. The van der Waals surface area contributed by atoms with Crippen molar-refractivity contribution in [1.82, 2.24) is 0 Å². The molecule has 1 amide bonds. The summed E-state index contributed by atoms with van der Waals surface area (Å²) >= 11 is 0. The summed E-state index contributed by atoms with van der Waals surface area (Å²) in [5.74, 6) is 0.192. The van der Waals surface area contributed by atoms with Gasteiger partial charge in [0.25, 0.3) is 0 Å². The van der Waals surface area contributed by atoms with Crippen LogP contribution in [-0.4, -0.2) is 24.1 Å². The Bertz CT molecular complexity index is 464. The second kappa shape index (κ2) is 8.55. The molecule has 0 aliphatic carbocycles. The van der Waals surface area contributed by atoms with E-state index in [1.807, 2.05) is 6.92 Å². The molecule has 0 spiro atoms. The Kier molecular flexibility index (Phi) is 7.06. The third-order valence-electron chi connectivity index (χ3n) is 3.60. The lowest BCUT2D eigenvalue weighted by Crippen LogP contribution is -2.26. The van der Waals surface area contributed by atoms with Gasteiger partial charge in [0.05, 0.1) is 5.69 Å². The summed E-state index contributed by atoms with van der Waals surface area (Å²) in [4.78, 5) is 13.5. The monoisotopic (exact) mass is 292 g/mol. The van der Waals surface area contributed by atoms with E-state index in [0.29, 0.717) is 0 Å². The molecule has 0 bridgehead atoms. The molecule has 0 atom stereocenters. The van der Waals surface area contributed by atoms with Crippen LogP contribution in [0, 0.1) is 6.92 Å². The number of hydrogen-bond acceptors (Lipinski definition) is 3. The highest BCUT2D eigenvalue weighted by Crippen LogP contribution is 2.36. The zero-order chi connectivity index (χ0) is 15.8. The van der Waals surface area contributed by atoms with Crippen LogP contribution in [0.3, 0.4) is 0 Å². The standard InChI is InChI=1S/C17H28N2O2/c1-5-7-11-19(12-8-6-2)17-13(3)15(18-14(4)20)9-10-16(17)21/h9-10,21H,5-8,11-12H2,1-4H3,(H,18,20). The van der Waals surface area contributed by atoms with E-state index in [2.05, 4.69) is 24.1 Å². The summed E-state index contributed by atoms with van der Waals surface area (Å²) in [6.07, 6.45) is 4.42. The molecule has 0 saturated heterocycles. The molecule has 0 fully saturated rings. The van der Waals surface area contributed by atoms with E-state index in [1.165, 1.54) is 6.92 Å². The van der Waals surface area contributed by atoms with Crippen LogP contribution in [-0.2, 0) is 4.79 Å². The maximum Gasteiger partial charge on any atom is 0.221 e. The lowest BCUT2D eigenvalue weighted by molar-refractivity contribution is -0.114. The summed E-state index contributed by atoms with van der Waals surface area (Å²) in [5.41, 5.74) is 2.55. The van der Waals surface area contributed by atoms with Gasteiger partial charge < -0.3 is 15.3 Å². The van der Waals surface area contributed by atoms with Crippen molar-refractivity contribution in [2.45, 2.75) is 53.4 Å². The number of unbranched alkanes of at least 4 members (excludes halogenated alkanes) is 2. The fraction of sp³-hybridized carbons (Fsp3) is 0.588. The van der Waals surface area contributed by atoms with E-state index in [4.69, 9.17) is 0 Å². The number of nitrogens with zero attached hydrogens (tertiary/aromatic N) is 1. The summed E-state index contributed by atoms with van der Waals surface area (Å²) in [6.45, 7) is 9.63. The fourth-order valence-corrected chi connectivity index (χ4v) is 2.44. The minimum Gasteiger partial charge on any atom is -0.506 e. The molecular weight excluding hydrogens is 264 g/mol. The minimum absolute atomic E-state index is 0.0941. The number of nitrogens with one attached hydrogen (secondary N) is 1. The van der Waals surface area contributed by atoms with Crippen LogP contribution >= 0.6 is 0 Å². The van der Waals surface area contributed by atoms with E-state index in [9.17, 15) is 9.90 Å². The van der Waals surface area contributed by atoms with Gasteiger partial charge in [0.15, 0.2) is 0 Å². The van der Waals surface area contributed by atoms with Crippen LogP contribution in [0.1, 0.15) is 52.0 Å². The van der Waals surface area contributed by atoms with Crippen molar-refractivity contribution in [1.29, 1.82) is 0 Å². The highest BCUT2D eigenvalue weighted by atomic mass is 16.3. The van der Waals surface area contributed by atoms with Gasteiger partial charge in [-0.05, 0) is 37.5 Å². The van der Waals surface area contributed by atoms with Crippen LogP contribution in [0.5, 0.6) is 5.75 Å². The molecule has 1 aromatic carbocycles. The highest BCUT2D eigenvalue weighted by Gasteiger charge is 2.16. The van der Waals surface area contributed by atoms with Gasteiger partial charge >= 0.3 is 0 Å². The van der Waals surface area contributed by atoms with Gasteiger partial charge in [-0.3, -0.25) is 4.79 Å². The van der Waals surface area contributed by atoms with E-state index in [-0.39, 0.29) is 11.7 Å². The van der Waals surface area contributed by atoms with Crippen LogP contribution in [0.4, 0.5) is 11.4 Å². The molecule has 0 saturated carbocycles. The first-order valence-corrected chi connectivity index (χ1v) is 7.86. The highest BCUT2D eigenvalue weighted by molar-refractivity contribution is 5.91. The maximum absolute atomic E-state index is 11.3. The number of amides is 1. The Morgan fingerprint density at radius 3 is 2.24 bits per heavy atom. The molecule has 0 aliphatic rings. The number of carbonyl (C=O) groups excluding carboxylic acids is 1. The average Bonchev–Trinajstić information content (AvgIpc) is 2.44. The van der Waals surface area contributed by atoms with Gasteiger partial charge in [0, 0.05) is 25.7 Å². The smallest absolute Gasteiger partial charge is 0.221 e. The average molecular weight is 292 g/mol. The molecular formula is C17H28N2O2. The molecule has 4 heteroatoms. The number of carbonyl (C=O) groups is 1. The first-order chi connectivity index (χ1) is 10.0. The lowest BCUT2D eigenvalue weighted by atomic mass is 10.1. The van der Waals surface area contributed by atoms with E-state index >= 15 is 0 Å². The molecule has 118 valence electrons. The number of anilines is 2. The topological polar surface area (TPSA) is 52.6 Å². The predicted molar refractivity (Wildman–Crippen MR) is 89.2 cm³/mol. The first-order valence-electron chi connectivity index (χ1n) is 7.86. The third-order valence-corrected chi connectivity index (χ3v) is 3.60. The number of aromatic hydroxyl groups is 1. The van der Waals surface area contributed by atoms with Crippen molar-refractivity contribution in [2.24, 2.45) is 0 Å². The number of benzene rings is 1. The number of rotatable bonds is 8. The van der Waals surface area contributed by atoms with Crippen molar-refractivity contribution in [3.8, 4) is 5.75 Å². The molecule has 2 N–H and O–H groups in total. The van der Waals surface area contributed by atoms with E-state index < -0.39 is 0 Å². The molecule has 0 aromatic heterocycles. The molecule has 1 rings (SSSR count). The molecule has 0 radical (unpaired) electrons. The second-order valence-corrected chi connectivity index (χ2v) is 5.48. The largest absolute Gasteiger partial charge is 0.506 e. The normalized spacial score (nSPS) is 10.5. The predicted octanol–water partition coefficient (Wildman–Crippen LogP) is 4.07. The van der Waals surface area contributed by atoms with Crippen molar-refractivity contribution < 1.29 is 9.90 Å². The van der Waals surface area contributed by atoms with Gasteiger partial charge in [-0.25, -0.2) is 0 Å². The summed E-state index contributed by atoms with van der Waals surface area (Å²) in [5, 5.41) is 13.1. The summed E-state index contributed by atoms with van der Waals surface area (Å²) < 4.78 is 0. The van der Waals surface area contributed by atoms with Gasteiger partial charge in [-0.2, -0.15) is 0 Å². The van der Waals surface area contributed by atoms with Crippen LogP contribution in [0.15, 0.2) is 12.1 Å². The third kappa shape index (κ3) is 4.96. The van der Waals surface area contributed by atoms with Gasteiger partial charge in [-0.1, -0.05) is 26.7 Å². The van der Waals surface area contributed by atoms with E-state index in [1.54, 1.807) is 12.1 Å². The number of phenols is 1. The summed E-state index contributed by atoms with van der Waals surface area (Å²) in [6, 6.07) is 3.42. The summed E-state index contributed by atoms with van der Waals surface area (Å²) in [7, 11) is 0. The van der Waals surface area contributed by atoms with Gasteiger partial charge in [0.2, 0.25) is 5.91 Å². The molecule has 0 aliphatic heterocycles. The van der Waals surface area contributed by atoms with Crippen LogP contribution in [0.25, 0.3) is 0 Å². The van der Waals surface area contributed by atoms with Crippen molar-refractivity contribution in [3.63, 3.8) is 0 Å². The fourth-order valence-electron chi connectivity index (χ4n) is 2.44. The Balaban J connectivity index is 3.11.